The molecule has 1 aromatic carbocycles. The fourth-order valence-electron chi connectivity index (χ4n) is 1.71. The summed E-state index contributed by atoms with van der Waals surface area (Å²) < 4.78 is 15.0. The number of halogens is 3. The minimum Gasteiger partial charge on any atom is -0.271 e. The highest BCUT2D eigenvalue weighted by Crippen LogP contribution is 2.29. The molecular formula is C12H11Br2FN2S. The molecule has 0 bridgehead atoms. The van der Waals surface area contributed by atoms with Crippen LogP contribution < -0.4 is 11.3 Å². The van der Waals surface area contributed by atoms with Crippen LogP contribution in [0.15, 0.2) is 37.9 Å². The molecule has 2 aromatic rings. The Labute approximate surface area is 126 Å². The monoisotopic (exact) mass is 392 g/mol. The van der Waals surface area contributed by atoms with Crippen LogP contribution >= 0.6 is 43.2 Å². The molecule has 0 aliphatic heterocycles. The maximum atomic E-state index is 13.4. The van der Waals surface area contributed by atoms with Gasteiger partial charge >= 0.3 is 0 Å². The maximum absolute atomic E-state index is 13.4. The number of nitrogens with one attached hydrogen (secondary N) is 1. The summed E-state index contributed by atoms with van der Waals surface area (Å²) in [5.41, 5.74) is 4.75. The Bertz CT molecular complexity index is 545. The van der Waals surface area contributed by atoms with Gasteiger partial charge in [0.25, 0.3) is 0 Å². The maximum Gasteiger partial charge on any atom is 0.137 e. The first kappa shape index (κ1) is 14.1. The Kier molecular flexibility index (Phi) is 4.91. The van der Waals surface area contributed by atoms with Gasteiger partial charge < -0.3 is 0 Å². The van der Waals surface area contributed by atoms with E-state index in [2.05, 4.69) is 37.3 Å². The van der Waals surface area contributed by atoms with E-state index in [-0.39, 0.29) is 11.9 Å². The topological polar surface area (TPSA) is 38.0 Å². The number of benzene rings is 1. The van der Waals surface area contributed by atoms with Crippen LogP contribution in [0.1, 0.15) is 17.2 Å². The molecule has 3 N–H and O–H groups in total. The van der Waals surface area contributed by atoms with E-state index in [9.17, 15) is 4.39 Å². The second-order valence-electron chi connectivity index (χ2n) is 3.82. The van der Waals surface area contributed by atoms with E-state index < -0.39 is 0 Å². The molecule has 1 heterocycles. The average molecular weight is 394 g/mol. The molecule has 0 amide bonds. The number of thiophene rings is 1. The molecular weight excluding hydrogens is 383 g/mol. The Morgan fingerprint density at radius 2 is 2.17 bits per heavy atom. The zero-order valence-electron chi connectivity index (χ0n) is 9.29. The number of hydrogen-bond acceptors (Lipinski definition) is 3. The zero-order chi connectivity index (χ0) is 13.1. The predicted molar refractivity (Wildman–Crippen MR) is 79.9 cm³/mol. The van der Waals surface area contributed by atoms with Crippen molar-refractivity contribution in [3.63, 3.8) is 0 Å². The summed E-state index contributed by atoms with van der Waals surface area (Å²) in [5, 5.41) is 2.03. The zero-order valence-corrected chi connectivity index (χ0v) is 13.3. The minimum absolute atomic E-state index is 0.0364. The lowest BCUT2D eigenvalue weighted by Gasteiger charge is -2.15. The van der Waals surface area contributed by atoms with Gasteiger partial charge in [0.1, 0.15) is 5.82 Å². The summed E-state index contributed by atoms with van der Waals surface area (Å²) in [4.78, 5) is 0. The summed E-state index contributed by atoms with van der Waals surface area (Å²) in [6, 6.07) is 7.00. The SMILES string of the molecule is NNC(Cc1cccc(F)c1Br)c1csc(Br)c1. The molecule has 2 rings (SSSR count). The van der Waals surface area contributed by atoms with Gasteiger partial charge in [0.15, 0.2) is 0 Å². The summed E-state index contributed by atoms with van der Waals surface area (Å²) in [5.74, 6) is 5.33. The van der Waals surface area contributed by atoms with E-state index in [4.69, 9.17) is 5.84 Å². The first-order valence-electron chi connectivity index (χ1n) is 5.24. The molecule has 0 aliphatic rings. The Hall–Kier alpha value is -0.270. The summed E-state index contributed by atoms with van der Waals surface area (Å²) in [7, 11) is 0. The molecule has 96 valence electrons. The van der Waals surface area contributed by atoms with E-state index >= 15 is 0 Å². The lowest BCUT2D eigenvalue weighted by Crippen LogP contribution is -2.29. The molecule has 6 heteroatoms. The minimum atomic E-state index is -0.255. The van der Waals surface area contributed by atoms with Crippen molar-refractivity contribution < 1.29 is 4.39 Å². The van der Waals surface area contributed by atoms with Gasteiger partial charge in [-0.15, -0.1) is 11.3 Å². The van der Waals surface area contributed by atoms with Crippen molar-refractivity contribution >= 4 is 43.2 Å². The fourth-order valence-corrected chi connectivity index (χ4v) is 3.36. The van der Waals surface area contributed by atoms with Crippen LogP contribution in [0.25, 0.3) is 0 Å². The van der Waals surface area contributed by atoms with E-state index in [0.717, 1.165) is 14.9 Å². The van der Waals surface area contributed by atoms with Crippen LogP contribution in [0.4, 0.5) is 4.39 Å². The first-order chi connectivity index (χ1) is 8.61. The molecule has 0 radical (unpaired) electrons. The fraction of sp³-hybridized carbons (Fsp3) is 0.167. The smallest absolute Gasteiger partial charge is 0.137 e. The van der Waals surface area contributed by atoms with Crippen molar-refractivity contribution in [1.82, 2.24) is 5.43 Å². The third-order valence-electron chi connectivity index (χ3n) is 2.65. The lowest BCUT2D eigenvalue weighted by atomic mass is 10.0. The van der Waals surface area contributed by atoms with Crippen LogP contribution in [0.3, 0.4) is 0 Å². The predicted octanol–water partition coefficient (Wildman–Crippen LogP) is 4.16. The van der Waals surface area contributed by atoms with Gasteiger partial charge in [-0.1, -0.05) is 12.1 Å². The van der Waals surface area contributed by atoms with Gasteiger partial charge in [-0.05, 0) is 66.9 Å². The van der Waals surface area contributed by atoms with Crippen LogP contribution in [-0.2, 0) is 6.42 Å². The van der Waals surface area contributed by atoms with Crippen LogP contribution in [0, 0.1) is 5.82 Å². The molecule has 0 spiro atoms. The normalized spacial score (nSPS) is 12.7. The largest absolute Gasteiger partial charge is 0.271 e. The van der Waals surface area contributed by atoms with Crippen LogP contribution in [-0.4, -0.2) is 0 Å². The lowest BCUT2D eigenvalue weighted by molar-refractivity contribution is 0.548. The van der Waals surface area contributed by atoms with Crippen molar-refractivity contribution in [2.45, 2.75) is 12.5 Å². The quantitative estimate of drug-likeness (QED) is 0.604. The Balaban J connectivity index is 2.23. The summed E-state index contributed by atoms with van der Waals surface area (Å²) in [6.45, 7) is 0. The number of hydrogen-bond donors (Lipinski definition) is 2. The van der Waals surface area contributed by atoms with Crippen molar-refractivity contribution in [2.75, 3.05) is 0 Å². The molecule has 1 aromatic heterocycles. The van der Waals surface area contributed by atoms with E-state index in [0.29, 0.717) is 10.9 Å². The molecule has 18 heavy (non-hydrogen) atoms. The third-order valence-corrected chi connectivity index (χ3v) is 5.06. The number of rotatable bonds is 4. The van der Waals surface area contributed by atoms with Gasteiger partial charge in [0.2, 0.25) is 0 Å². The second kappa shape index (κ2) is 6.25. The van der Waals surface area contributed by atoms with Gasteiger partial charge in [-0.2, -0.15) is 0 Å². The van der Waals surface area contributed by atoms with Crippen LogP contribution in [0.5, 0.6) is 0 Å². The van der Waals surface area contributed by atoms with Gasteiger partial charge in [-0.3, -0.25) is 11.3 Å². The second-order valence-corrected chi connectivity index (χ2v) is 6.90. The van der Waals surface area contributed by atoms with E-state index in [1.165, 1.54) is 6.07 Å². The highest BCUT2D eigenvalue weighted by molar-refractivity contribution is 9.11. The highest BCUT2D eigenvalue weighted by Gasteiger charge is 2.15. The number of nitrogens with two attached hydrogens (primary N) is 1. The molecule has 1 unspecified atom stereocenters. The summed E-state index contributed by atoms with van der Waals surface area (Å²) >= 11 is 8.29. The molecule has 0 saturated heterocycles. The first-order valence-corrected chi connectivity index (χ1v) is 7.71. The summed E-state index contributed by atoms with van der Waals surface area (Å²) in [6.07, 6.45) is 0.623. The average Bonchev–Trinajstić information content (AvgIpc) is 2.78. The van der Waals surface area contributed by atoms with Crippen molar-refractivity contribution in [3.05, 3.63) is 54.8 Å². The standard InChI is InChI=1S/C12H11Br2FN2S/c13-11-5-8(6-18-11)10(17-16)4-7-2-1-3-9(15)12(7)14/h1-3,5-6,10,17H,4,16H2. The molecule has 0 aliphatic carbocycles. The van der Waals surface area contributed by atoms with Crippen molar-refractivity contribution in [1.29, 1.82) is 0 Å². The van der Waals surface area contributed by atoms with Crippen molar-refractivity contribution in [3.8, 4) is 0 Å². The van der Waals surface area contributed by atoms with Gasteiger partial charge in [0.05, 0.1) is 14.3 Å². The van der Waals surface area contributed by atoms with Crippen molar-refractivity contribution in [2.24, 2.45) is 5.84 Å². The highest BCUT2D eigenvalue weighted by atomic mass is 79.9. The van der Waals surface area contributed by atoms with E-state index in [1.54, 1.807) is 17.4 Å². The Morgan fingerprint density at radius 1 is 1.39 bits per heavy atom. The molecule has 1 atom stereocenters. The molecule has 0 saturated carbocycles. The molecule has 0 fully saturated rings. The van der Waals surface area contributed by atoms with Gasteiger partial charge in [0, 0.05) is 0 Å². The molecule has 2 nitrogen and oxygen atoms in total. The Morgan fingerprint density at radius 3 is 2.78 bits per heavy atom. The third kappa shape index (κ3) is 3.19. The van der Waals surface area contributed by atoms with Gasteiger partial charge in [-0.25, -0.2) is 4.39 Å². The van der Waals surface area contributed by atoms with Crippen LogP contribution in [0.2, 0.25) is 0 Å². The van der Waals surface area contributed by atoms with E-state index in [1.807, 2.05) is 17.5 Å². The number of hydrazine groups is 1.